The Balaban J connectivity index is 1.68. The molecule has 0 bridgehead atoms. The Morgan fingerprint density at radius 2 is 1.79 bits per heavy atom. The quantitative estimate of drug-likeness (QED) is 0.498. The Bertz CT molecular complexity index is 1170. The number of aryl methyl sites for hydroxylation is 1. The van der Waals surface area contributed by atoms with E-state index in [9.17, 15) is 19.2 Å². The van der Waals surface area contributed by atoms with E-state index in [1.165, 1.54) is 4.90 Å². The van der Waals surface area contributed by atoms with Crippen molar-refractivity contribution in [3.63, 3.8) is 0 Å². The molecule has 1 saturated heterocycles. The molecule has 0 radical (unpaired) electrons. The predicted molar refractivity (Wildman–Crippen MR) is 149 cm³/mol. The number of amides is 3. The number of Topliss-reactive ketones (excluding diaryl/α,β-unsaturated/α-hetero) is 1. The standard InChI is InChI=1S/C29H40N4O4S/c1-17(2)12-18(3)26(35)32-25(29(5,6)7)28(37)33-15-22(34)13-23(33)27(36)30-14-20-8-10-21(11-9-20)24-19(4)31-16-38-24/h8-11,16-18,23,25H,12-15H2,1-7H3,(H,30,36)(H,32,35). The smallest absolute Gasteiger partial charge is 0.246 e. The molecule has 2 aromatic rings. The number of nitrogens with zero attached hydrogens (tertiary/aromatic N) is 2. The Morgan fingerprint density at radius 3 is 2.34 bits per heavy atom. The third kappa shape index (κ3) is 7.28. The van der Waals surface area contributed by atoms with Crippen LogP contribution in [-0.2, 0) is 25.7 Å². The van der Waals surface area contributed by atoms with Crippen LogP contribution in [0.3, 0.4) is 0 Å². The summed E-state index contributed by atoms with van der Waals surface area (Å²) in [7, 11) is 0. The number of hydrogen-bond donors (Lipinski definition) is 2. The lowest BCUT2D eigenvalue weighted by Crippen LogP contribution is -2.58. The highest BCUT2D eigenvalue weighted by Gasteiger charge is 2.44. The maximum Gasteiger partial charge on any atom is 0.246 e. The van der Waals surface area contributed by atoms with E-state index < -0.39 is 23.4 Å². The van der Waals surface area contributed by atoms with Crippen molar-refractivity contribution < 1.29 is 19.2 Å². The second-order valence-electron chi connectivity index (χ2n) is 11.7. The van der Waals surface area contributed by atoms with Crippen LogP contribution in [0.25, 0.3) is 10.4 Å². The first-order valence-corrected chi connectivity index (χ1v) is 14.1. The van der Waals surface area contributed by atoms with Crippen LogP contribution < -0.4 is 10.6 Å². The zero-order valence-electron chi connectivity index (χ0n) is 23.5. The van der Waals surface area contributed by atoms with Crippen LogP contribution in [0.1, 0.15) is 65.6 Å². The van der Waals surface area contributed by atoms with Gasteiger partial charge in [0, 0.05) is 18.9 Å². The molecule has 38 heavy (non-hydrogen) atoms. The maximum atomic E-state index is 13.7. The van der Waals surface area contributed by atoms with Crippen molar-refractivity contribution in [2.75, 3.05) is 6.54 Å². The molecular formula is C29H40N4O4S. The average Bonchev–Trinajstić information content (AvgIpc) is 3.45. The van der Waals surface area contributed by atoms with Crippen molar-refractivity contribution in [1.29, 1.82) is 0 Å². The minimum Gasteiger partial charge on any atom is -0.350 e. The Hall–Kier alpha value is -3.07. The number of carbonyl (C=O) groups is 4. The van der Waals surface area contributed by atoms with Gasteiger partial charge in [0.25, 0.3) is 0 Å². The number of ketones is 1. The lowest BCUT2D eigenvalue weighted by molar-refractivity contribution is -0.144. The SMILES string of the molecule is Cc1ncsc1-c1ccc(CNC(=O)C2CC(=O)CN2C(=O)C(NC(=O)C(C)CC(C)C)C(C)(C)C)cc1. The third-order valence-electron chi connectivity index (χ3n) is 6.83. The summed E-state index contributed by atoms with van der Waals surface area (Å²) in [5, 5.41) is 5.80. The lowest BCUT2D eigenvalue weighted by atomic mass is 9.85. The number of nitrogens with one attached hydrogen (secondary N) is 2. The van der Waals surface area contributed by atoms with E-state index in [2.05, 4.69) is 15.6 Å². The number of rotatable bonds is 9. The summed E-state index contributed by atoms with van der Waals surface area (Å²) in [6.45, 7) is 13.7. The van der Waals surface area contributed by atoms with Crippen LogP contribution in [0.15, 0.2) is 29.8 Å². The van der Waals surface area contributed by atoms with Gasteiger partial charge in [-0.2, -0.15) is 0 Å². The van der Waals surface area contributed by atoms with E-state index in [1.807, 2.05) is 78.2 Å². The van der Waals surface area contributed by atoms with Gasteiger partial charge in [0.05, 0.1) is 22.6 Å². The first-order valence-electron chi connectivity index (χ1n) is 13.2. The van der Waals surface area contributed by atoms with Gasteiger partial charge in [0.2, 0.25) is 17.7 Å². The molecule has 0 spiro atoms. The summed E-state index contributed by atoms with van der Waals surface area (Å²) in [5.74, 6) is -1.06. The summed E-state index contributed by atoms with van der Waals surface area (Å²) in [6, 6.07) is 6.13. The predicted octanol–water partition coefficient (Wildman–Crippen LogP) is 4.12. The number of carbonyl (C=O) groups excluding carboxylic acids is 4. The van der Waals surface area contributed by atoms with E-state index in [-0.39, 0.29) is 43.0 Å². The highest BCUT2D eigenvalue weighted by Crippen LogP contribution is 2.28. The van der Waals surface area contributed by atoms with Crippen molar-refractivity contribution in [1.82, 2.24) is 20.5 Å². The van der Waals surface area contributed by atoms with E-state index >= 15 is 0 Å². The number of likely N-dealkylation sites (tertiary alicyclic amines) is 1. The van der Waals surface area contributed by atoms with Crippen LogP contribution in [0, 0.1) is 24.2 Å². The van der Waals surface area contributed by atoms with Crippen molar-refractivity contribution >= 4 is 34.8 Å². The first-order chi connectivity index (χ1) is 17.8. The molecule has 2 N–H and O–H groups in total. The van der Waals surface area contributed by atoms with Crippen molar-refractivity contribution in [2.24, 2.45) is 17.3 Å². The number of benzene rings is 1. The molecule has 1 aliphatic rings. The van der Waals surface area contributed by atoms with E-state index in [0.717, 1.165) is 21.7 Å². The van der Waals surface area contributed by atoms with Crippen LogP contribution >= 0.6 is 11.3 Å². The maximum absolute atomic E-state index is 13.7. The molecule has 1 aliphatic heterocycles. The summed E-state index contributed by atoms with van der Waals surface area (Å²) in [6.07, 6.45) is 0.671. The topological polar surface area (TPSA) is 108 Å². The van der Waals surface area contributed by atoms with Crippen LogP contribution in [0.2, 0.25) is 0 Å². The van der Waals surface area contributed by atoms with Crippen LogP contribution in [-0.4, -0.2) is 52.0 Å². The van der Waals surface area contributed by atoms with Gasteiger partial charge in [-0.05, 0) is 35.8 Å². The number of hydrogen-bond acceptors (Lipinski definition) is 6. The van der Waals surface area contributed by atoms with Gasteiger partial charge < -0.3 is 15.5 Å². The lowest BCUT2D eigenvalue weighted by Gasteiger charge is -2.35. The van der Waals surface area contributed by atoms with Crippen molar-refractivity contribution in [3.05, 3.63) is 41.0 Å². The van der Waals surface area contributed by atoms with E-state index in [1.54, 1.807) is 11.3 Å². The molecule has 1 fully saturated rings. The summed E-state index contributed by atoms with van der Waals surface area (Å²) in [5.41, 5.74) is 4.17. The molecule has 3 unspecified atom stereocenters. The highest BCUT2D eigenvalue weighted by atomic mass is 32.1. The van der Waals surface area contributed by atoms with Gasteiger partial charge in [-0.1, -0.05) is 65.8 Å². The molecule has 2 heterocycles. The Labute approximate surface area is 229 Å². The highest BCUT2D eigenvalue weighted by molar-refractivity contribution is 7.13. The van der Waals surface area contributed by atoms with Crippen LogP contribution in [0.4, 0.5) is 0 Å². The fourth-order valence-electron chi connectivity index (χ4n) is 4.73. The molecule has 1 aromatic heterocycles. The van der Waals surface area contributed by atoms with Gasteiger partial charge in [-0.25, -0.2) is 4.98 Å². The van der Waals surface area contributed by atoms with Gasteiger partial charge >= 0.3 is 0 Å². The first kappa shape index (κ1) is 29.5. The molecule has 0 aliphatic carbocycles. The second kappa shape index (κ2) is 12.2. The molecule has 206 valence electrons. The number of thiazole rings is 1. The van der Waals surface area contributed by atoms with E-state index in [0.29, 0.717) is 12.3 Å². The normalized spacial score (nSPS) is 17.4. The molecule has 3 rings (SSSR count). The van der Waals surface area contributed by atoms with Gasteiger partial charge in [-0.15, -0.1) is 11.3 Å². The van der Waals surface area contributed by atoms with E-state index in [4.69, 9.17) is 0 Å². The molecule has 3 amide bonds. The van der Waals surface area contributed by atoms with Gasteiger partial charge in [-0.3, -0.25) is 19.2 Å². The van der Waals surface area contributed by atoms with Crippen molar-refractivity contribution in [2.45, 2.75) is 79.9 Å². The third-order valence-corrected chi connectivity index (χ3v) is 7.81. The number of aromatic nitrogens is 1. The monoisotopic (exact) mass is 540 g/mol. The fourth-order valence-corrected chi connectivity index (χ4v) is 5.54. The van der Waals surface area contributed by atoms with Crippen LogP contribution in [0.5, 0.6) is 0 Å². The molecule has 3 atom stereocenters. The minimum atomic E-state index is -0.899. The zero-order chi connectivity index (χ0) is 28.2. The van der Waals surface area contributed by atoms with Crippen molar-refractivity contribution in [3.8, 4) is 10.4 Å². The molecule has 0 saturated carbocycles. The Kier molecular flexibility index (Phi) is 9.46. The fraction of sp³-hybridized carbons (Fsp3) is 0.552. The summed E-state index contributed by atoms with van der Waals surface area (Å²) < 4.78 is 0. The molecule has 8 nitrogen and oxygen atoms in total. The van der Waals surface area contributed by atoms with Gasteiger partial charge in [0.15, 0.2) is 5.78 Å². The second-order valence-corrected chi connectivity index (χ2v) is 12.6. The Morgan fingerprint density at radius 1 is 1.13 bits per heavy atom. The summed E-state index contributed by atoms with van der Waals surface area (Å²) >= 11 is 1.58. The average molecular weight is 541 g/mol. The molecular weight excluding hydrogens is 500 g/mol. The largest absolute Gasteiger partial charge is 0.350 e. The molecule has 1 aromatic carbocycles. The molecule has 9 heteroatoms. The minimum absolute atomic E-state index is 0.0320. The zero-order valence-corrected chi connectivity index (χ0v) is 24.3. The van der Waals surface area contributed by atoms with Gasteiger partial charge in [0.1, 0.15) is 12.1 Å². The summed E-state index contributed by atoms with van der Waals surface area (Å²) in [4.78, 5) is 58.8.